The average Bonchev–Trinajstić information content (AvgIpc) is 2.79. The van der Waals surface area contributed by atoms with Crippen LogP contribution in [0.2, 0.25) is 0 Å². The number of aryl methyl sites for hydroxylation is 2. The third-order valence-corrected chi connectivity index (χ3v) is 6.22. The molecule has 4 rings (SSSR count). The molecule has 1 aromatic heterocycles. The molecule has 0 saturated heterocycles. The van der Waals surface area contributed by atoms with Crippen molar-refractivity contribution in [1.29, 1.82) is 0 Å². The zero-order valence-corrected chi connectivity index (χ0v) is 21.5. The lowest BCUT2D eigenvalue weighted by Crippen LogP contribution is -2.20. The summed E-state index contributed by atoms with van der Waals surface area (Å²) in [7, 11) is 1.59. The number of hydrogen-bond acceptors (Lipinski definition) is 5. The molecular formula is C25H21Br2N3O3. The van der Waals surface area contributed by atoms with Crippen LogP contribution in [0.25, 0.3) is 10.9 Å². The summed E-state index contributed by atoms with van der Waals surface area (Å²) in [6.45, 7) is 4.22. The fraction of sp³-hybridized carbons (Fsp3) is 0.160. The highest BCUT2D eigenvalue weighted by Crippen LogP contribution is 2.33. The first-order valence-corrected chi connectivity index (χ1v) is 11.7. The molecular weight excluding hydrogens is 550 g/mol. The standard InChI is InChI=1S/C25H21Br2N3O3/c1-15-5-4-6-17(9-15)14-33-24-12-21(27)18(10-23(24)32-3)13-28-30-16(2)29-22-8-7-19(26)11-20(22)25(30)31/h4-13H,14H2,1-3H3. The van der Waals surface area contributed by atoms with Gasteiger partial charge in [-0.1, -0.05) is 45.8 Å². The van der Waals surface area contributed by atoms with Crippen molar-refractivity contribution in [2.45, 2.75) is 20.5 Å². The van der Waals surface area contributed by atoms with Crippen LogP contribution in [-0.2, 0) is 6.61 Å². The third kappa shape index (κ3) is 5.17. The smallest absolute Gasteiger partial charge is 0.282 e. The number of methoxy groups -OCH3 is 1. The van der Waals surface area contributed by atoms with E-state index in [4.69, 9.17) is 9.47 Å². The summed E-state index contributed by atoms with van der Waals surface area (Å²) in [6.07, 6.45) is 1.59. The van der Waals surface area contributed by atoms with Crippen molar-refractivity contribution in [3.05, 3.63) is 96.4 Å². The second-order valence-corrected chi connectivity index (χ2v) is 9.25. The second-order valence-electron chi connectivity index (χ2n) is 7.48. The Kier molecular flexibility index (Phi) is 6.95. The second kappa shape index (κ2) is 9.89. The van der Waals surface area contributed by atoms with E-state index in [2.05, 4.69) is 48.0 Å². The molecule has 0 aliphatic rings. The Morgan fingerprint density at radius 1 is 1.06 bits per heavy atom. The lowest BCUT2D eigenvalue weighted by atomic mass is 10.1. The van der Waals surface area contributed by atoms with Crippen LogP contribution in [0.3, 0.4) is 0 Å². The molecule has 0 amide bonds. The fourth-order valence-corrected chi connectivity index (χ4v) is 4.19. The number of rotatable bonds is 6. The lowest BCUT2D eigenvalue weighted by Gasteiger charge is -2.13. The van der Waals surface area contributed by atoms with E-state index in [-0.39, 0.29) is 5.56 Å². The van der Waals surface area contributed by atoms with E-state index >= 15 is 0 Å². The minimum Gasteiger partial charge on any atom is -0.493 e. The lowest BCUT2D eigenvalue weighted by molar-refractivity contribution is 0.284. The van der Waals surface area contributed by atoms with E-state index in [1.54, 1.807) is 32.4 Å². The Labute approximate surface area is 208 Å². The van der Waals surface area contributed by atoms with Crippen molar-refractivity contribution >= 4 is 49.0 Å². The molecule has 0 aliphatic heterocycles. The fourth-order valence-electron chi connectivity index (χ4n) is 3.40. The van der Waals surface area contributed by atoms with E-state index in [9.17, 15) is 4.79 Å². The van der Waals surface area contributed by atoms with Crippen LogP contribution in [0, 0.1) is 13.8 Å². The van der Waals surface area contributed by atoms with Gasteiger partial charge in [-0.05, 0) is 65.7 Å². The molecule has 6 nitrogen and oxygen atoms in total. The Balaban J connectivity index is 1.64. The Bertz CT molecular complexity index is 1430. The van der Waals surface area contributed by atoms with E-state index in [0.717, 1.165) is 20.1 Å². The number of hydrogen-bond donors (Lipinski definition) is 0. The Morgan fingerprint density at radius 2 is 1.88 bits per heavy atom. The largest absolute Gasteiger partial charge is 0.493 e. The van der Waals surface area contributed by atoms with Crippen LogP contribution in [-0.4, -0.2) is 23.0 Å². The van der Waals surface area contributed by atoms with Crippen molar-refractivity contribution in [3.63, 3.8) is 0 Å². The van der Waals surface area contributed by atoms with E-state index in [0.29, 0.717) is 34.8 Å². The zero-order chi connectivity index (χ0) is 23.5. The predicted octanol–water partition coefficient (Wildman–Crippen LogP) is 6.01. The van der Waals surface area contributed by atoms with Gasteiger partial charge in [-0.3, -0.25) is 4.79 Å². The van der Waals surface area contributed by atoms with Gasteiger partial charge in [0.15, 0.2) is 11.5 Å². The molecule has 8 heteroatoms. The summed E-state index contributed by atoms with van der Waals surface area (Å²) in [5.74, 6) is 1.66. The molecule has 0 radical (unpaired) electrons. The van der Waals surface area contributed by atoms with Crippen molar-refractivity contribution in [1.82, 2.24) is 9.66 Å². The van der Waals surface area contributed by atoms with Crippen molar-refractivity contribution < 1.29 is 9.47 Å². The van der Waals surface area contributed by atoms with Gasteiger partial charge in [0.1, 0.15) is 12.4 Å². The van der Waals surface area contributed by atoms with Gasteiger partial charge in [0.05, 0.1) is 24.2 Å². The Hall–Kier alpha value is -2.97. The molecule has 0 unspecified atom stereocenters. The number of benzene rings is 3. The highest BCUT2D eigenvalue weighted by molar-refractivity contribution is 9.10. The highest BCUT2D eigenvalue weighted by atomic mass is 79.9. The third-order valence-electron chi connectivity index (χ3n) is 5.04. The summed E-state index contributed by atoms with van der Waals surface area (Å²) in [5.41, 5.74) is 3.37. The van der Waals surface area contributed by atoms with Gasteiger partial charge >= 0.3 is 0 Å². The predicted molar refractivity (Wildman–Crippen MR) is 138 cm³/mol. The van der Waals surface area contributed by atoms with E-state index < -0.39 is 0 Å². The SMILES string of the molecule is COc1cc(C=Nn2c(C)nc3ccc(Br)cc3c2=O)c(Br)cc1OCc1cccc(C)c1. The molecule has 0 aliphatic carbocycles. The molecule has 0 saturated carbocycles. The summed E-state index contributed by atoms with van der Waals surface area (Å²) in [4.78, 5) is 17.5. The van der Waals surface area contributed by atoms with Gasteiger partial charge in [-0.2, -0.15) is 9.78 Å². The van der Waals surface area contributed by atoms with Gasteiger partial charge in [0.2, 0.25) is 0 Å². The zero-order valence-electron chi connectivity index (χ0n) is 18.3. The van der Waals surface area contributed by atoms with Crippen LogP contribution in [0.4, 0.5) is 0 Å². The highest BCUT2D eigenvalue weighted by Gasteiger charge is 2.11. The van der Waals surface area contributed by atoms with Crippen LogP contribution in [0.1, 0.15) is 22.5 Å². The maximum Gasteiger partial charge on any atom is 0.282 e. The quantitative estimate of drug-likeness (QED) is 0.266. The first kappa shape index (κ1) is 23.2. The minimum absolute atomic E-state index is 0.240. The van der Waals surface area contributed by atoms with Gasteiger partial charge in [0.25, 0.3) is 5.56 Å². The minimum atomic E-state index is -0.240. The van der Waals surface area contributed by atoms with E-state index in [1.807, 2.05) is 43.3 Å². The molecule has 0 N–H and O–H groups in total. The maximum absolute atomic E-state index is 13.0. The monoisotopic (exact) mass is 569 g/mol. The normalized spacial score (nSPS) is 11.3. The summed E-state index contributed by atoms with van der Waals surface area (Å²) < 4.78 is 14.4. The number of nitrogens with zero attached hydrogens (tertiary/aromatic N) is 3. The first-order chi connectivity index (χ1) is 15.9. The van der Waals surface area contributed by atoms with Crippen LogP contribution in [0.15, 0.2) is 73.4 Å². The van der Waals surface area contributed by atoms with Crippen molar-refractivity contribution in [2.75, 3.05) is 7.11 Å². The summed E-state index contributed by atoms with van der Waals surface area (Å²) in [6, 6.07) is 17.2. The molecule has 0 bridgehead atoms. The number of halogens is 2. The van der Waals surface area contributed by atoms with Gasteiger partial charge in [0, 0.05) is 14.5 Å². The number of aromatic nitrogens is 2. The van der Waals surface area contributed by atoms with Crippen LogP contribution < -0.4 is 15.0 Å². The van der Waals surface area contributed by atoms with Gasteiger partial charge < -0.3 is 9.47 Å². The molecule has 0 spiro atoms. The molecule has 0 atom stereocenters. The molecule has 4 aromatic rings. The van der Waals surface area contributed by atoms with E-state index in [1.165, 1.54) is 10.2 Å². The summed E-state index contributed by atoms with van der Waals surface area (Å²) >= 11 is 6.97. The summed E-state index contributed by atoms with van der Waals surface area (Å²) in [5, 5.41) is 4.89. The average molecular weight is 571 g/mol. The number of fused-ring (bicyclic) bond motifs is 1. The topological polar surface area (TPSA) is 65.7 Å². The molecule has 1 heterocycles. The van der Waals surface area contributed by atoms with Gasteiger partial charge in [-0.25, -0.2) is 4.98 Å². The molecule has 0 fully saturated rings. The maximum atomic E-state index is 13.0. The van der Waals surface area contributed by atoms with Crippen LogP contribution in [0.5, 0.6) is 11.5 Å². The van der Waals surface area contributed by atoms with Crippen molar-refractivity contribution in [3.8, 4) is 11.5 Å². The Morgan fingerprint density at radius 3 is 2.64 bits per heavy atom. The molecule has 168 valence electrons. The molecule has 3 aromatic carbocycles. The number of ether oxygens (including phenoxy) is 2. The first-order valence-electron chi connectivity index (χ1n) is 10.1. The van der Waals surface area contributed by atoms with Crippen molar-refractivity contribution in [2.24, 2.45) is 5.10 Å². The molecule has 33 heavy (non-hydrogen) atoms. The van der Waals surface area contributed by atoms with Gasteiger partial charge in [-0.15, -0.1) is 0 Å². The van der Waals surface area contributed by atoms with Crippen LogP contribution >= 0.6 is 31.9 Å².